The molecule has 1 N–H and O–H groups in total. The lowest BCUT2D eigenvalue weighted by molar-refractivity contribution is -0.384. The second-order valence-electron chi connectivity index (χ2n) is 7.23. The van der Waals surface area contributed by atoms with Crippen LogP contribution in [0.15, 0.2) is 58.1 Å². The quantitative estimate of drug-likeness (QED) is 0.237. The molecule has 180 valence electrons. The standard InChI is InChI=1S/C23H21N5O6S/c1-3-20-26-27-21(24)17(22(29)25-23(27)35-20)12-14-4-9-18(19(13-14)32-2)34-11-10-33-16-7-5-15(6-8-16)28(30)31/h4-9,12-13,24H,3,10-11H2,1-2H3/b17-12-,24-21?. The van der Waals surface area contributed by atoms with Crippen LogP contribution in [-0.4, -0.2) is 52.2 Å². The number of amides is 1. The van der Waals surface area contributed by atoms with Crippen LogP contribution < -0.4 is 14.2 Å². The summed E-state index contributed by atoms with van der Waals surface area (Å²) in [5, 5.41) is 26.0. The molecule has 2 aliphatic rings. The van der Waals surface area contributed by atoms with Gasteiger partial charge in [-0.3, -0.25) is 20.3 Å². The number of amidine groups is 2. The van der Waals surface area contributed by atoms with E-state index in [2.05, 4.69) is 10.1 Å². The highest BCUT2D eigenvalue weighted by molar-refractivity contribution is 8.26. The van der Waals surface area contributed by atoms with E-state index in [9.17, 15) is 14.9 Å². The second-order valence-corrected chi connectivity index (χ2v) is 8.27. The van der Waals surface area contributed by atoms with E-state index in [1.54, 1.807) is 24.3 Å². The molecule has 35 heavy (non-hydrogen) atoms. The fourth-order valence-corrected chi connectivity index (χ4v) is 4.03. The maximum absolute atomic E-state index is 12.5. The summed E-state index contributed by atoms with van der Waals surface area (Å²) in [6, 6.07) is 10.9. The summed E-state index contributed by atoms with van der Waals surface area (Å²) in [4.78, 5) is 26.8. The highest BCUT2D eigenvalue weighted by atomic mass is 32.2. The van der Waals surface area contributed by atoms with Crippen molar-refractivity contribution >= 4 is 45.5 Å². The lowest BCUT2D eigenvalue weighted by Crippen LogP contribution is -2.35. The highest BCUT2D eigenvalue weighted by Crippen LogP contribution is 2.32. The summed E-state index contributed by atoms with van der Waals surface area (Å²) in [5.74, 6) is 0.880. The molecule has 2 aliphatic heterocycles. The molecule has 0 spiro atoms. The van der Waals surface area contributed by atoms with Crippen LogP contribution in [0.3, 0.4) is 0 Å². The number of aliphatic imine (C=N–C) groups is 1. The van der Waals surface area contributed by atoms with Crippen molar-refractivity contribution in [3.63, 3.8) is 0 Å². The summed E-state index contributed by atoms with van der Waals surface area (Å²) in [7, 11) is 1.50. The summed E-state index contributed by atoms with van der Waals surface area (Å²) >= 11 is 1.29. The van der Waals surface area contributed by atoms with Gasteiger partial charge in [-0.15, -0.1) is 0 Å². The van der Waals surface area contributed by atoms with E-state index in [1.165, 1.54) is 48.1 Å². The lowest BCUT2D eigenvalue weighted by atomic mass is 10.1. The van der Waals surface area contributed by atoms with Gasteiger partial charge in [0, 0.05) is 12.1 Å². The van der Waals surface area contributed by atoms with Crippen molar-refractivity contribution in [3.05, 3.63) is 63.7 Å². The normalized spacial score (nSPS) is 16.1. The van der Waals surface area contributed by atoms with Gasteiger partial charge in [-0.1, -0.05) is 13.0 Å². The Morgan fingerprint density at radius 2 is 1.89 bits per heavy atom. The average molecular weight is 496 g/mol. The maximum Gasteiger partial charge on any atom is 0.283 e. The molecule has 0 aliphatic carbocycles. The Morgan fingerprint density at radius 1 is 1.14 bits per heavy atom. The predicted molar refractivity (Wildman–Crippen MR) is 132 cm³/mol. The first-order chi connectivity index (χ1) is 16.9. The second kappa shape index (κ2) is 10.4. The molecule has 0 saturated carbocycles. The number of benzene rings is 2. The van der Waals surface area contributed by atoms with Gasteiger partial charge in [0.1, 0.15) is 24.0 Å². The number of fused-ring (bicyclic) bond motifs is 1. The SMILES string of the molecule is CCC1=NN2C(=N)/C(=C/c3ccc(OCCOc4ccc([N+](=O)[O-])cc4)c(OC)c3)C(=O)N=C2S1. The lowest BCUT2D eigenvalue weighted by Gasteiger charge is -2.20. The Morgan fingerprint density at radius 3 is 2.57 bits per heavy atom. The van der Waals surface area contributed by atoms with Crippen molar-refractivity contribution in [3.8, 4) is 17.2 Å². The molecular formula is C23H21N5O6S. The van der Waals surface area contributed by atoms with Crippen LogP contribution in [-0.2, 0) is 4.79 Å². The van der Waals surface area contributed by atoms with E-state index >= 15 is 0 Å². The summed E-state index contributed by atoms with van der Waals surface area (Å²) in [6.45, 7) is 2.37. The summed E-state index contributed by atoms with van der Waals surface area (Å²) in [5.41, 5.74) is 0.751. The molecule has 0 atom stereocenters. The number of hydrogen-bond acceptors (Lipinski definition) is 9. The molecule has 0 saturated heterocycles. The number of non-ortho nitro benzene ring substituents is 1. The van der Waals surface area contributed by atoms with Gasteiger partial charge < -0.3 is 14.2 Å². The zero-order valence-corrected chi connectivity index (χ0v) is 19.7. The smallest absolute Gasteiger partial charge is 0.283 e. The molecule has 0 bridgehead atoms. The van der Waals surface area contributed by atoms with Crippen LogP contribution >= 0.6 is 11.8 Å². The Bertz CT molecular complexity index is 1270. The van der Waals surface area contributed by atoms with Gasteiger partial charge in [-0.2, -0.15) is 15.1 Å². The minimum atomic E-state index is -0.496. The molecule has 4 rings (SSSR count). The van der Waals surface area contributed by atoms with E-state index in [-0.39, 0.29) is 30.3 Å². The first-order valence-corrected chi connectivity index (χ1v) is 11.4. The number of thioether (sulfide) groups is 1. The van der Waals surface area contributed by atoms with Crippen LogP contribution in [0.2, 0.25) is 0 Å². The molecule has 2 aromatic carbocycles. The number of nitro groups is 1. The van der Waals surface area contributed by atoms with Gasteiger partial charge >= 0.3 is 0 Å². The third-order valence-corrected chi connectivity index (χ3v) is 6.01. The van der Waals surface area contributed by atoms with Crippen molar-refractivity contribution < 1.29 is 23.9 Å². The van der Waals surface area contributed by atoms with Gasteiger partial charge in [-0.25, -0.2) is 0 Å². The minimum absolute atomic E-state index is 0.0107. The number of nitrogens with one attached hydrogen (secondary N) is 1. The highest BCUT2D eigenvalue weighted by Gasteiger charge is 2.35. The largest absolute Gasteiger partial charge is 0.493 e. The Balaban J connectivity index is 1.40. The fraction of sp³-hybridized carbons (Fsp3) is 0.217. The molecule has 0 radical (unpaired) electrons. The van der Waals surface area contributed by atoms with Gasteiger partial charge in [-0.05, 0) is 54.1 Å². The minimum Gasteiger partial charge on any atom is -0.493 e. The van der Waals surface area contributed by atoms with Gasteiger partial charge in [0.15, 0.2) is 17.3 Å². The monoisotopic (exact) mass is 495 g/mol. The molecule has 0 unspecified atom stereocenters. The molecule has 1 amide bonds. The van der Waals surface area contributed by atoms with Crippen LogP contribution in [0.5, 0.6) is 17.2 Å². The number of hydrogen-bond donors (Lipinski definition) is 1. The summed E-state index contributed by atoms with van der Waals surface area (Å²) < 4.78 is 16.7. The number of carbonyl (C=O) groups is 1. The third-order valence-electron chi connectivity index (χ3n) is 4.95. The predicted octanol–water partition coefficient (Wildman–Crippen LogP) is 4.09. The number of methoxy groups -OCH3 is 1. The molecule has 2 aromatic rings. The number of nitro benzene ring substituents is 1. The topological polar surface area (TPSA) is 140 Å². The van der Waals surface area contributed by atoms with Crippen molar-refractivity contribution in [2.24, 2.45) is 10.1 Å². The molecule has 0 aromatic heterocycles. The van der Waals surface area contributed by atoms with Crippen LogP contribution in [0.25, 0.3) is 6.08 Å². The maximum atomic E-state index is 12.5. The average Bonchev–Trinajstić information content (AvgIpc) is 3.28. The Hall–Kier alpha value is -4.19. The zero-order valence-electron chi connectivity index (χ0n) is 18.9. The number of rotatable bonds is 9. The van der Waals surface area contributed by atoms with E-state index in [0.717, 1.165) is 5.04 Å². The van der Waals surface area contributed by atoms with Crippen LogP contribution in [0, 0.1) is 15.5 Å². The number of hydrazone groups is 1. The summed E-state index contributed by atoms with van der Waals surface area (Å²) in [6.07, 6.45) is 2.26. The van der Waals surface area contributed by atoms with Crippen molar-refractivity contribution in [2.75, 3.05) is 20.3 Å². The van der Waals surface area contributed by atoms with E-state index < -0.39 is 10.8 Å². The molecular weight excluding hydrogens is 474 g/mol. The fourth-order valence-electron chi connectivity index (χ4n) is 3.21. The molecule has 12 heteroatoms. The van der Waals surface area contributed by atoms with Crippen LogP contribution in [0.1, 0.15) is 18.9 Å². The van der Waals surface area contributed by atoms with Crippen molar-refractivity contribution in [1.29, 1.82) is 5.41 Å². The van der Waals surface area contributed by atoms with Crippen molar-refractivity contribution in [2.45, 2.75) is 13.3 Å². The molecule has 11 nitrogen and oxygen atoms in total. The van der Waals surface area contributed by atoms with E-state index in [4.69, 9.17) is 19.6 Å². The van der Waals surface area contributed by atoms with Gasteiger partial charge in [0.05, 0.1) is 17.6 Å². The van der Waals surface area contributed by atoms with E-state index in [0.29, 0.717) is 34.4 Å². The number of ether oxygens (including phenoxy) is 3. The number of carbonyl (C=O) groups excluding carboxylic acids is 1. The Labute approximate surface area is 204 Å². The van der Waals surface area contributed by atoms with Crippen molar-refractivity contribution in [1.82, 2.24) is 5.01 Å². The van der Waals surface area contributed by atoms with Gasteiger partial charge in [0.25, 0.3) is 11.6 Å². The Kier molecular flexibility index (Phi) is 7.11. The number of nitrogens with zero attached hydrogens (tertiary/aromatic N) is 4. The molecule has 0 fully saturated rings. The van der Waals surface area contributed by atoms with E-state index in [1.807, 2.05) is 6.92 Å². The van der Waals surface area contributed by atoms with Crippen LogP contribution in [0.4, 0.5) is 5.69 Å². The third kappa shape index (κ3) is 5.32. The van der Waals surface area contributed by atoms with Gasteiger partial charge in [0.2, 0.25) is 5.17 Å². The molecule has 2 heterocycles. The first-order valence-electron chi connectivity index (χ1n) is 10.6. The zero-order chi connectivity index (χ0) is 24.9. The first kappa shape index (κ1) is 24.0.